The average molecular weight is 554 g/mol. The lowest BCUT2D eigenvalue weighted by Gasteiger charge is -2.40. The molecule has 0 aromatic heterocycles. The third-order valence-electron chi connectivity index (χ3n) is 6.05. The number of rotatable bonds is 4. The molecule has 1 aliphatic carbocycles. The van der Waals surface area contributed by atoms with Gasteiger partial charge in [-0.15, -0.1) is 0 Å². The van der Waals surface area contributed by atoms with Crippen molar-refractivity contribution in [2.45, 2.75) is 36.7 Å². The topological polar surface area (TPSA) is 91.0 Å². The predicted molar refractivity (Wildman–Crippen MR) is 119 cm³/mol. The Morgan fingerprint density at radius 1 is 1.06 bits per heavy atom. The third kappa shape index (κ3) is 4.54. The summed E-state index contributed by atoms with van der Waals surface area (Å²) in [6, 6.07) is 7.63. The van der Waals surface area contributed by atoms with Gasteiger partial charge in [-0.05, 0) is 36.1 Å². The molecule has 1 amide bonds. The number of carbonyl (C=O) groups is 2. The monoisotopic (exact) mass is 552 g/mol. The molecule has 0 radical (unpaired) electrons. The van der Waals surface area contributed by atoms with Crippen molar-refractivity contribution in [3.63, 3.8) is 0 Å². The molecule has 35 heavy (non-hydrogen) atoms. The molecule has 1 saturated carbocycles. The molecule has 186 valence electrons. The number of nitrogens with two attached hydrogens (primary N) is 1. The molecule has 2 N–H and O–H groups in total. The molecule has 0 spiro atoms. The molecule has 2 aromatic rings. The van der Waals surface area contributed by atoms with E-state index in [0.29, 0.717) is 0 Å². The highest BCUT2D eigenvalue weighted by Crippen LogP contribution is 2.52. The van der Waals surface area contributed by atoms with Gasteiger partial charge in [0.25, 0.3) is 5.60 Å². The Hall–Kier alpha value is -2.56. The predicted octanol–water partition coefficient (Wildman–Crippen LogP) is 6.43. The van der Waals surface area contributed by atoms with Gasteiger partial charge in [0, 0.05) is 12.0 Å². The van der Waals surface area contributed by atoms with E-state index in [9.17, 15) is 22.8 Å². The van der Waals surface area contributed by atoms with Gasteiger partial charge in [-0.2, -0.15) is 13.2 Å². The quantitative estimate of drug-likeness (QED) is 0.205. The van der Waals surface area contributed by atoms with Crippen LogP contribution in [0.25, 0.3) is 0 Å². The van der Waals surface area contributed by atoms with Crippen molar-refractivity contribution >= 4 is 52.6 Å². The molecule has 1 heterocycles. The number of carbonyl (C=O) groups excluding carboxylic acids is 2. The number of hydrogen-bond donors (Lipinski definition) is 1. The Bertz CT molecular complexity index is 1210. The van der Waals surface area contributed by atoms with Crippen LogP contribution in [0.1, 0.15) is 36.0 Å². The first-order valence-corrected chi connectivity index (χ1v) is 11.2. The van der Waals surface area contributed by atoms with Crippen molar-refractivity contribution in [2.75, 3.05) is 0 Å². The summed E-state index contributed by atoms with van der Waals surface area (Å²) in [6.45, 7) is 0. The maximum Gasteiger partial charge on any atom is 0.435 e. The summed E-state index contributed by atoms with van der Waals surface area (Å²) in [5.41, 5.74) is 0.167. The SMILES string of the molecule is NC(=O)OC(=O)C1CC(F)(c2ccc(C3=NOC(c4cc(Cl)c(Cl)c(Cl)c4)(C(F)(F)F)C3)cc2)C1. The second kappa shape index (κ2) is 8.83. The van der Waals surface area contributed by atoms with E-state index in [2.05, 4.69) is 9.89 Å². The zero-order valence-corrected chi connectivity index (χ0v) is 19.7. The van der Waals surface area contributed by atoms with E-state index in [0.717, 1.165) is 12.1 Å². The van der Waals surface area contributed by atoms with E-state index >= 15 is 4.39 Å². The van der Waals surface area contributed by atoms with E-state index in [1.807, 2.05) is 0 Å². The van der Waals surface area contributed by atoms with Gasteiger partial charge < -0.3 is 15.3 Å². The number of alkyl halides is 4. The van der Waals surface area contributed by atoms with E-state index < -0.39 is 41.8 Å². The Balaban J connectivity index is 1.53. The highest BCUT2D eigenvalue weighted by Gasteiger charge is 2.62. The van der Waals surface area contributed by atoms with E-state index in [-0.39, 0.29) is 50.3 Å². The lowest BCUT2D eigenvalue weighted by Crippen LogP contribution is -2.43. The number of amides is 1. The van der Waals surface area contributed by atoms with Crippen LogP contribution >= 0.6 is 34.8 Å². The number of oxime groups is 1. The number of hydrogen-bond acceptors (Lipinski definition) is 5. The first kappa shape index (κ1) is 25.5. The molecule has 0 saturated heterocycles. The molecule has 4 rings (SSSR count). The Kier molecular flexibility index (Phi) is 6.44. The van der Waals surface area contributed by atoms with Crippen molar-refractivity contribution in [2.24, 2.45) is 16.8 Å². The molecule has 1 atom stereocenters. The van der Waals surface area contributed by atoms with Gasteiger partial charge in [-0.1, -0.05) is 64.2 Å². The van der Waals surface area contributed by atoms with Crippen LogP contribution in [-0.2, 0) is 25.6 Å². The molecule has 0 bridgehead atoms. The van der Waals surface area contributed by atoms with Crippen LogP contribution in [0.2, 0.25) is 15.1 Å². The van der Waals surface area contributed by atoms with Crippen LogP contribution in [0, 0.1) is 5.92 Å². The van der Waals surface area contributed by atoms with Gasteiger partial charge in [-0.25, -0.2) is 9.18 Å². The van der Waals surface area contributed by atoms with Crippen molar-refractivity contribution in [3.8, 4) is 0 Å². The second-order valence-corrected chi connectivity index (χ2v) is 9.47. The molecule has 1 fully saturated rings. The molecular weight excluding hydrogens is 539 g/mol. The van der Waals surface area contributed by atoms with Crippen LogP contribution in [0.3, 0.4) is 0 Å². The van der Waals surface area contributed by atoms with E-state index in [4.69, 9.17) is 45.4 Å². The second-order valence-electron chi connectivity index (χ2n) is 8.27. The number of esters is 1. The largest absolute Gasteiger partial charge is 0.435 e. The fraction of sp³-hybridized carbons (Fsp3) is 0.318. The lowest BCUT2D eigenvalue weighted by molar-refractivity contribution is -0.275. The zero-order chi connectivity index (χ0) is 25.8. The number of nitrogens with zero attached hydrogens (tertiary/aromatic N) is 1. The summed E-state index contributed by atoms with van der Waals surface area (Å²) in [6.07, 6.45) is -7.29. The van der Waals surface area contributed by atoms with E-state index in [1.54, 1.807) is 0 Å². The Labute approximate surface area is 210 Å². The van der Waals surface area contributed by atoms with Gasteiger partial charge >= 0.3 is 18.2 Å². The molecular formula is C22H15Cl3F4N2O4. The standard InChI is InChI=1S/C22H15Cl3F4N2O4/c23-14-5-13(6-15(24)17(14)25)21(22(27,28)29)9-16(31-35-21)10-1-3-12(4-2-10)20(26)7-11(8-20)18(32)34-19(30)33/h1-6,11H,7-9H2,(H2,30,33). The smallest absolute Gasteiger partial charge is 0.376 e. The Morgan fingerprint density at radius 3 is 2.14 bits per heavy atom. The molecule has 1 unspecified atom stereocenters. The van der Waals surface area contributed by atoms with Gasteiger partial charge in [0.05, 0.1) is 26.7 Å². The van der Waals surface area contributed by atoms with E-state index in [1.165, 1.54) is 24.3 Å². The van der Waals surface area contributed by atoms with Gasteiger partial charge in [0.1, 0.15) is 5.67 Å². The highest BCUT2D eigenvalue weighted by atomic mass is 35.5. The lowest BCUT2D eigenvalue weighted by atomic mass is 9.68. The molecule has 2 aromatic carbocycles. The normalized spacial score (nSPS) is 25.9. The summed E-state index contributed by atoms with van der Waals surface area (Å²) in [4.78, 5) is 27.3. The van der Waals surface area contributed by atoms with Crippen LogP contribution in [0.5, 0.6) is 0 Å². The van der Waals surface area contributed by atoms with Crippen LogP contribution < -0.4 is 5.73 Å². The minimum atomic E-state index is -4.89. The summed E-state index contributed by atoms with van der Waals surface area (Å²) in [7, 11) is 0. The molecule has 6 nitrogen and oxygen atoms in total. The average Bonchev–Trinajstić information content (AvgIpc) is 3.21. The first-order valence-electron chi connectivity index (χ1n) is 10.0. The number of halogens is 7. The summed E-state index contributed by atoms with van der Waals surface area (Å²) < 4.78 is 61.9. The Morgan fingerprint density at radius 2 is 1.63 bits per heavy atom. The first-order chi connectivity index (χ1) is 16.3. The summed E-state index contributed by atoms with van der Waals surface area (Å²) in [5, 5.41) is 3.21. The van der Waals surface area contributed by atoms with Crippen molar-refractivity contribution in [1.82, 2.24) is 0 Å². The van der Waals surface area contributed by atoms with Crippen LogP contribution in [0.4, 0.5) is 22.4 Å². The maximum absolute atomic E-state index is 15.1. The number of benzene rings is 2. The molecule has 1 aliphatic heterocycles. The van der Waals surface area contributed by atoms with Crippen LogP contribution in [0.15, 0.2) is 41.6 Å². The third-order valence-corrected chi connectivity index (χ3v) is 7.24. The molecule has 2 aliphatic rings. The van der Waals surface area contributed by atoms with Crippen molar-refractivity contribution < 1.29 is 36.7 Å². The number of primary amides is 1. The van der Waals surface area contributed by atoms with Crippen LogP contribution in [-0.4, -0.2) is 24.0 Å². The van der Waals surface area contributed by atoms with Gasteiger partial charge in [0.2, 0.25) is 0 Å². The number of ether oxygens (including phenoxy) is 1. The van der Waals surface area contributed by atoms with Gasteiger partial charge in [0.15, 0.2) is 0 Å². The maximum atomic E-state index is 15.1. The summed E-state index contributed by atoms with van der Waals surface area (Å²) in [5.74, 6) is -1.74. The minimum absolute atomic E-state index is 0.0273. The summed E-state index contributed by atoms with van der Waals surface area (Å²) >= 11 is 17.7. The van der Waals surface area contributed by atoms with Gasteiger partial charge in [-0.3, -0.25) is 4.79 Å². The minimum Gasteiger partial charge on any atom is -0.376 e. The fourth-order valence-electron chi connectivity index (χ4n) is 4.11. The zero-order valence-electron chi connectivity index (χ0n) is 17.5. The van der Waals surface area contributed by atoms with Crippen molar-refractivity contribution in [1.29, 1.82) is 0 Å². The highest BCUT2D eigenvalue weighted by molar-refractivity contribution is 6.48. The van der Waals surface area contributed by atoms with Crippen molar-refractivity contribution in [3.05, 3.63) is 68.2 Å². The fourth-order valence-corrected chi connectivity index (χ4v) is 4.71. The molecule has 13 heteroatoms.